The molecule has 1 aliphatic heterocycles. The van der Waals surface area contributed by atoms with Crippen molar-refractivity contribution >= 4 is 11.8 Å². The van der Waals surface area contributed by atoms with Gasteiger partial charge in [0.1, 0.15) is 0 Å². The molecule has 1 fully saturated rings. The first-order valence-corrected chi connectivity index (χ1v) is 8.37. The van der Waals surface area contributed by atoms with Crippen LogP contribution in [0.4, 0.5) is 0 Å². The van der Waals surface area contributed by atoms with Crippen LogP contribution < -0.4 is 10.9 Å². The Kier molecular flexibility index (Phi) is 6.14. The van der Waals surface area contributed by atoms with Crippen LogP contribution in [0, 0.1) is 13.8 Å². The smallest absolute Gasteiger partial charge is 0.252 e. The fraction of sp³-hybridized carbons (Fsp3) is 0.588. The second-order valence-corrected chi connectivity index (χ2v) is 6.21. The predicted molar refractivity (Wildman–Crippen MR) is 91.9 cm³/mol. The molecule has 0 aromatic carbocycles. The number of likely N-dealkylation sites (N-methyl/N-ethyl adjacent to an activating group) is 1. The molecule has 0 unspecified atom stereocenters. The molecular formula is C17H26N4O3. The van der Waals surface area contributed by atoms with E-state index in [1.165, 1.54) is 0 Å². The number of H-pyrrole nitrogens is 1. The Morgan fingerprint density at radius 3 is 2.46 bits per heavy atom. The van der Waals surface area contributed by atoms with Crippen molar-refractivity contribution < 1.29 is 9.59 Å². The normalized spacial score (nSPS) is 15.4. The Morgan fingerprint density at radius 1 is 1.21 bits per heavy atom. The first-order valence-electron chi connectivity index (χ1n) is 8.37. The Bertz CT molecular complexity index is 660. The number of hydrogen-bond acceptors (Lipinski definition) is 4. The van der Waals surface area contributed by atoms with Crippen molar-refractivity contribution in [1.82, 2.24) is 20.1 Å². The lowest BCUT2D eigenvalue weighted by Crippen LogP contribution is -2.51. The summed E-state index contributed by atoms with van der Waals surface area (Å²) >= 11 is 0. The molecule has 0 saturated carbocycles. The van der Waals surface area contributed by atoms with Crippen LogP contribution in [-0.4, -0.2) is 65.9 Å². The highest BCUT2D eigenvalue weighted by atomic mass is 16.2. The molecule has 0 spiro atoms. The maximum Gasteiger partial charge on any atom is 0.252 e. The summed E-state index contributed by atoms with van der Waals surface area (Å²) in [4.78, 5) is 42.9. The van der Waals surface area contributed by atoms with Crippen LogP contribution in [-0.2, 0) is 16.0 Å². The summed E-state index contributed by atoms with van der Waals surface area (Å²) in [6, 6.07) is 1.84. The van der Waals surface area contributed by atoms with Gasteiger partial charge in [0.2, 0.25) is 11.8 Å². The van der Waals surface area contributed by atoms with Crippen molar-refractivity contribution in [3.8, 4) is 0 Å². The van der Waals surface area contributed by atoms with E-state index in [1.807, 2.05) is 13.0 Å². The van der Waals surface area contributed by atoms with Crippen molar-refractivity contribution in [3.63, 3.8) is 0 Å². The molecule has 0 bridgehead atoms. The lowest BCUT2D eigenvalue weighted by Gasteiger charge is -2.34. The Hall–Kier alpha value is -2.15. The number of aromatic nitrogens is 1. The van der Waals surface area contributed by atoms with Gasteiger partial charge in [0, 0.05) is 37.4 Å². The lowest BCUT2D eigenvalue weighted by molar-refractivity contribution is -0.134. The Balaban J connectivity index is 1.83. The molecule has 2 heterocycles. The third-order valence-electron chi connectivity index (χ3n) is 4.44. The number of aromatic amines is 1. The van der Waals surface area contributed by atoms with E-state index in [0.717, 1.165) is 30.9 Å². The maximum absolute atomic E-state index is 12.2. The van der Waals surface area contributed by atoms with Crippen LogP contribution in [0.25, 0.3) is 0 Å². The number of hydrogen-bond donors (Lipinski definition) is 2. The van der Waals surface area contributed by atoms with E-state index < -0.39 is 0 Å². The van der Waals surface area contributed by atoms with E-state index in [9.17, 15) is 14.4 Å². The maximum atomic E-state index is 12.2. The van der Waals surface area contributed by atoms with Gasteiger partial charge in [-0.05, 0) is 32.0 Å². The second kappa shape index (κ2) is 8.10. The standard InChI is InChI=1S/C17H26N4O3/c1-4-20-5-7-21(8-6-20)16(23)11-18-15(22)10-14-12(2)9-13(3)19-17(14)24/h9H,4-8,10-11H2,1-3H3,(H,18,22)(H,19,24). The molecule has 7 nitrogen and oxygen atoms in total. The summed E-state index contributed by atoms with van der Waals surface area (Å²) in [6.07, 6.45) is -0.0155. The number of carbonyl (C=O) groups is 2. The molecule has 1 saturated heterocycles. The summed E-state index contributed by atoms with van der Waals surface area (Å²) in [7, 11) is 0. The minimum Gasteiger partial charge on any atom is -0.347 e. The number of piperazine rings is 1. The third kappa shape index (κ3) is 4.67. The zero-order chi connectivity index (χ0) is 17.7. The number of nitrogens with zero attached hydrogens (tertiary/aromatic N) is 2. The topological polar surface area (TPSA) is 85.5 Å². The van der Waals surface area contributed by atoms with Crippen LogP contribution in [0.1, 0.15) is 23.7 Å². The summed E-state index contributed by atoms with van der Waals surface area (Å²) in [6.45, 7) is 9.81. The second-order valence-electron chi connectivity index (χ2n) is 6.21. The lowest BCUT2D eigenvalue weighted by atomic mass is 10.1. The van der Waals surface area contributed by atoms with Gasteiger partial charge in [-0.15, -0.1) is 0 Å². The van der Waals surface area contributed by atoms with E-state index in [-0.39, 0.29) is 30.3 Å². The molecule has 0 aliphatic carbocycles. The van der Waals surface area contributed by atoms with Crippen LogP contribution in [0.15, 0.2) is 10.9 Å². The minimum absolute atomic E-state index is 0.0155. The first-order chi connectivity index (χ1) is 11.4. The molecule has 2 N–H and O–H groups in total. The van der Waals surface area contributed by atoms with E-state index in [2.05, 4.69) is 22.1 Å². The number of nitrogens with one attached hydrogen (secondary N) is 2. The van der Waals surface area contributed by atoms with E-state index in [1.54, 1.807) is 11.8 Å². The summed E-state index contributed by atoms with van der Waals surface area (Å²) < 4.78 is 0. The number of rotatable bonds is 5. The summed E-state index contributed by atoms with van der Waals surface area (Å²) in [5.74, 6) is -0.387. The van der Waals surface area contributed by atoms with E-state index in [4.69, 9.17) is 0 Å². The molecular weight excluding hydrogens is 308 g/mol. The van der Waals surface area contributed by atoms with Crippen LogP contribution >= 0.6 is 0 Å². The third-order valence-corrected chi connectivity index (χ3v) is 4.44. The number of aryl methyl sites for hydroxylation is 2. The van der Waals surface area contributed by atoms with Gasteiger partial charge in [0.15, 0.2) is 0 Å². The van der Waals surface area contributed by atoms with Crippen molar-refractivity contribution in [1.29, 1.82) is 0 Å². The van der Waals surface area contributed by atoms with Crippen LogP contribution in [0.3, 0.4) is 0 Å². The van der Waals surface area contributed by atoms with Gasteiger partial charge in [-0.25, -0.2) is 0 Å². The van der Waals surface area contributed by atoms with Crippen LogP contribution in [0.2, 0.25) is 0 Å². The van der Waals surface area contributed by atoms with E-state index >= 15 is 0 Å². The van der Waals surface area contributed by atoms with Crippen molar-refractivity contribution in [3.05, 3.63) is 33.2 Å². The number of pyridine rings is 1. The Labute approximate surface area is 142 Å². The van der Waals surface area contributed by atoms with Gasteiger partial charge >= 0.3 is 0 Å². The Morgan fingerprint density at radius 2 is 1.88 bits per heavy atom. The average Bonchev–Trinajstić information content (AvgIpc) is 2.56. The fourth-order valence-electron chi connectivity index (χ4n) is 2.92. The monoisotopic (exact) mass is 334 g/mol. The van der Waals surface area contributed by atoms with Crippen molar-refractivity contribution in [2.75, 3.05) is 39.3 Å². The molecule has 0 radical (unpaired) electrons. The summed E-state index contributed by atoms with van der Waals surface area (Å²) in [5, 5.41) is 2.63. The van der Waals surface area contributed by atoms with Crippen molar-refractivity contribution in [2.45, 2.75) is 27.2 Å². The first kappa shape index (κ1) is 18.2. The number of amides is 2. The zero-order valence-corrected chi connectivity index (χ0v) is 14.6. The van der Waals surface area contributed by atoms with E-state index in [0.29, 0.717) is 18.7 Å². The molecule has 1 aromatic heterocycles. The zero-order valence-electron chi connectivity index (χ0n) is 14.6. The molecule has 132 valence electrons. The van der Waals surface area contributed by atoms with Gasteiger partial charge in [-0.1, -0.05) is 6.92 Å². The van der Waals surface area contributed by atoms with Gasteiger partial charge in [-0.3, -0.25) is 14.4 Å². The highest BCUT2D eigenvalue weighted by molar-refractivity contribution is 5.85. The SMILES string of the molecule is CCN1CCN(C(=O)CNC(=O)Cc2c(C)cc(C)[nH]c2=O)CC1. The molecule has 7 heteroatoms. The predicted octanol–water partition coefficient (Wildman–Crippen LogP) is -0.185. The molecule has 2 amide bonds. The van der Waals surface area contributed by atoms with Gasteiger partial charge in [0.25, 0.3) is 5.56 Å². The highest BCUT2D eigenvalue weighted by Gasteiger charge is 2.20. The molecule has 24 heavy (non-hydrogen) atoms. The molecule has 2 rings (SSSR count). The average molecular weight is 334 g/mol. The number of carbonyl (C=O) groups excluding carboxylic acids is 2. The molecule has 1 aromatic rings. The van der Waals surface area contributed by atoms with Crippen molar-refractivity contribution in [2.24, 2.45) is 0 Å². The van der Waals surface area contributed by atoms with Gasteiger partial charge in [0.05, 0.1) is 13.0 Å². The molecule has 1 aliphatic rings. The highest BCUT2D eigenvalue weighted by Crippen LogP contribution is 2.04. The van der Waals surface area contributed by atoms with Crippen LogP contribution in [0.5, 0.6) is 0 Å². The largest absolute Gasteiger partial charge is 0.347 e. The van der Waals surface area contributed by atoms with Gasteiger partial charge in [-0.2, -0.15) is 0 Å². The minimum atomic E-state index is -0.312. The molecule has 0 atom stereocenters. The quantitative estimate of drug-likeness (QED) is 0.782. The summed E-state index contributed by atoms with van der Waals surface area (Å²) in [5.41, 5.74) is 1.75. The van der Waals surface area contributed by atoms with Gasteiger partial charge < -0.3 is 20.1 Å². The fourth-order valence-corrected chi connectivity index (χ4v) is 2.92.